The molecule has 2 heterocycles. The summed E-state index contributed by atoms with van der Waals surface area (Å²) in [6.07, 6.45) is 4.30. The summed E-state index contributed by atoms with van der Waals surface area (Å²) in [6.45, 7) is -0.921. The van der Waals surface area contributed by atoms with E-state index in [-0.39, 0.29) is 17.0 Å². The molecule has 1 N–H and O–H groups in total. The van der Waals surface area contributed by atoms with Gasteiger partial charge in [-0.1, -0.05) is 36.4 Å². The van der Waals surface area contributed by atoms with Crippen LogP contribution in [0, 0.1) is 11.6 Å². The lowest BCUT2D eigenvalue weighted by atomic mass is 9.92. The van der Waals surface area contributed by atoms with Crippen LogP contribution in [0.25, 0.3) is 6.08 Å². The maximum absolute atomic E-state index is 14.6. The zero-order chi connectivity index (χ0) is 22.0. The number of hydrogen-bond acceptors (Lipinski definition) is 6. The van der Waals surface area contributed by atoms with Crippen LogP contribution in [0.5, 0.6) is 0 Å². The SMILES string of the molecule is O=C1S/C(=C\c2ccccc2)C(=O)N1CC(O)(Cn1nccn1)c1ccc(F)cc1F. The molecule has 2 amide bonds. The Kier molecular flexibility index (Phi) is 5.66. The topological polar surface area (TPSA) is 88.3 Å². The molecule has 158 valence electrons. The van der Waals surface area contributed by atoms with Crippen molar-refractivity contribution in [3.8, 4) is 0 Å². The van der Waals surface area contributed by atoms with E-state index in [2.05, 4.69) is 10.2 Å². The third kappa shape index (κ3) is 4.39. The van der Waals surface area contributed by atoms with Crippen LogP contribution >= 0.6 is 11.8 Å². The fourth-order valence-corrected chi connectivity index (χ4v) is 4.08. The van der Waals surface area contributed by atoms with E-state index in [1.807, 2.05) is 6.07 Å². The minimum atomic E-state index is -2.09. The molecule has 31 heavy (non-hydrogen) atoms. The van der Waals surface area contributed by atoms with Crippen molar-refractivity contribution in [2.75, 3.05) is 6.54 Å². The van der Waals surface area contributed by atoms with Crippen LogP contribution in [-0.4, -0.2) is 42.7 Å². The smallest absolute Gasteiger partial charge is 0.293 e. The number of carbonyl (C=O) groups is 2. The van der Waals surface area contributed by atoms with Crippen LogP contribution in [-0.2, 0) is 16.9 Å². The van der Waals surface area contributed by atoms with Gasteiger partial charge in [-0.3, -0.25) is 14.5 Å². The summed E-state index contributed by atoms with van der Waals surface area (Å²) in [7, 11) is 0. The Morgan fingerprint density at radius 3 is 2.42 bits per heavy atom. The van der Waals surface area contributed by atoms with Crippen molar-refractivity contribution in [1.82, 2.24) is 19.9 Å². The molecule has 10 heteroatoms. The third-order valence-electron chi connectivity index (χ3n) is 4.69. The van der Waals surface area contributed by atoms with Crippen molar-refractivity contribution in [3.05, 3.63) is 88.6 Å². The van der Waals surface area contributed by atoms with E-state index in [9.17, 15) is 23.5 Å². The van der Waals surface area contributed by atoms with Crippen molar-refractivity contribution in [3.63, 3.8) is 0 Å². The average molecular weight is 442 g/mol. The first-order valence-electron chi connectivity index (χ1n) is 9.18. The summed E-state index contributed by atoms with van der Waals surface area (Å²) >= 11 is 0.723. The normalized spacial score (nSPS) is 17.4. The number of thioether (sulfide) groups is 1. The first-order valence-corrected chi connectivity index (χ1v) is 10.00. The predicted molar refractivity (Wildman–Crippen MR) is 109 cm³/mol. The highest BCUT2D eigenvalue weighted by molar-refractivity contribution is 8.18. The van der Waals surface area contributed by atoms with Crippen LogP contribution in [0.4, 0.5) is 13.6 Å². The van der Waals surface area contributed by atoms with Gasteiger partial charge in [-0.05, 0) is 29.5 Å². The highest BCUT2D eigenvalue weighted by atomic mass is 32.2. The van der Waals surface area contributed by atoms with E-state index in [0.717, 1.165) is 39.2 Å². The quantitative estimate of drug-likeness (QED) is 0.590. The van der Waals surface area contributed by atoms with Crippen molar-refractivity contribution < 1.29 is 23.5 Å². The van der Waals surface area contributed by atoms with Crippen molar-refractivity contribution >= 4 is 29.0 Å². The number of hydrogen-bond donors (Lipinski definition) is 1. The largest absolute Gasteiger partial charge is 0.381 e. The van der Waals surface area contributed by atoms with E-state index in [1.165, 1.54) is 12.4 Å². The molecule has 0 bridgehead atoms. The summed E-state index contributed by atoms with van der Waals surface area (Å²) in [5.41, 5.74) is -1.64. The summed E-state index contributed by atoms with van der Waals surface area (Å²) in [6, 6.07) is 11.7. The van der Waals surface area contributed by atoms with Crippen LogP contribution < -0.4 is 0 Å². The molecule has 7 nitrogen and oxygen atoms in total. The van der Waals surface area contributed by atoms with Gasteiger partial charge < -0.3 is 5.11 Å². The second kappa shape index (κ2) is 8.40. The Morgan fingerprint density at radius 1 is 1.03 bits per heavy atom. The number of amides is 2. The number of rotatable bonds is 6. The molecular formula is C21H16F2N4O3S. The number of nitrogens with zero attached hydrogens (tertiary/aromatic N) is 4. The first kappa shape index (κ1) is 20.9. The molecule has 0 aliphatic carbocycles. The molecule has 0 spiro atoms. The highest BCUT2D eigenvalue weighted by Crippen LogP contribution is 2.36. The maximum atomic E-state index is 14.6. The number of β-amino-alcohol motifs (C(OH)–C–C–N with tert-alkyl or cyclic N) is 1. The lowest BCUT2D eigenvalue weighted by Gasteiger charge is -2.31. The van der Waals surface area contributed by atoms with E-state index in [4.69, 9.17) is 0 Å². The van der Waals surface area contributed by atoms with E-state index in [0.29, 0.717) is 6.07 Å². The fraction of sp³-hybridized carbons (Fsp3) is 0.143. The molecular weight excluding hydrogens is 426 g/mol. The molecule has 1 unspecified atom stereocenters. The number of imide groups is 1. The maximum Gasteiger partial charge on any atom is 0.293 e. The molecule has 0 radical (unpaired) electrons. The van der Waals surface area contributed by atoms with Crippen LogP contribution in [0.15, 0.2) is 65.8 Å². The monoisotopic (exact) mass is 442 g/mol. The molecule has 1 aromatic heterocycles. The molecule has 2 aromatic carbocycles. The molecule has 1 fully saturated rings. The van der Waals surface area contributed by atoms with Crippen molar-refractivity contribution in [2.45, 2.75) is 12.1 Å². The lowest BCUT2D eigenvalue weighted by Crippen LogP contribution is -2.46. The minimum Gasteiger partial charge on any atom is -0.381 e. The van der Waals surface area contributed by atoms with Gasteiger partial charge in [0.15, 0.2) is 0 Å². The standard InChI is InChI=1S/C21H16F2N4O3S/c22-15-6-7-16(17(23)11-15)21(30,13-27-24-8-9-25-27)12-26-19(28)18(31-20(26)29)10-14-4-2-1-3-5-14/h1-11,30H,12-13H2/b18-10-. The van der Waals surface area contributed by atoms with Gasteiger partial charge in [-0.15, -0.1) is 0 Å². The van der Waals surface area contributed by atoms with Gasteiger partial charge in [0, 0.05) is 11.6 Å². The Hall–Kier alpha value is -3.37. The Morgan fingerprint density at radius 2 is 1.74 bits per heavy atom. The van der Waals surface area contributed by atoms with Crippen molar-refractivity contribution in [1.29, 1.82) is 0 Å². The number of aliphatic hydroxyl groups is 1. The van der Waals surface area contributed by atoms with Gasteiger partial charge in [0.25, 0.3) is 11.1 Å². The zero-order valence-corrected chi connectivity index (χ0v) is 16.8. The van der Waals surface area contributed by atoms with Crippen LogP contribution in [0.3, 0.4) is 0 Å². The molecule has 1 atom stereocenters. The average Bonchev–Trinajstić information content (AvgIpc) is 3.32. The summed E-state index contributed by atoms with van der Waals surface area (Å²) in [5, 5.41) is 18.6. The van der Waals surface area contributed by atoms with Crippen LogP contribution in [0.1, 0.15) is 11.1 Å². The Balaban J connectivity index is 1.67. The minimum absolute atomic E-state index is 0.176. The molecule has 4 rings (SSSR count). The first-order chi connectivity index (χ1) is 14.9. The number of benzene rings is 2. The molecule has 0 saturated carbocycles. The molecule has 1 saturated heterocycles. The number of carbonyl (C=O) groups excluding carboxylic acids is 2. The summed E-state index contributed by atoms with van der Waals surface area (Å²) < 4.78 is 28.0. The van der Waals surface area contributed by atoms with E-state index < -0.39 is 34.9 Å². The van der Waals surface area contributed by atoms with E-state index >= 15 is 0 Å². The van der Waals surface area contributed by atoms with Gasteiger partial charge >= 0.3 is 0 Å². The van der Waals surface area contributed by atoms with Gasteiger partial charge in [-0.2, -0.15) is 15.0 Å². The Bertz CT molecular complexity index is 1150. The van der Waals surface area contributed by atoms with Gasteiger partial charge in [0.2, 0.25) is 0 Å². The number of aromatic nitrogens is 3. The Labute approximate surface area is 180 Å². The molecule has 1 aliphatic heterocycles. The van der Waals surface area contributed by atoms with Crippen molar-refractivity contribution in [2.24, 2.45) is 0 Å². The molecule has 3 aromatic rings. The molecule has 1 aliphatic rings. The van der Waals surface area contributed by atoms with Gasteiger partial charge in [0.05, 0.1) is 30.4 Å². The highest BCUT2D eigenvalue weighted by Gasteiger charge is 2.43. The van der Waals surface area contributed by atoms with Crippen LogP contribution in [0.2, 0.25) is 0 Å². The number of halogens is 2. The summed E-state index contributed by atoms with van der Waals surface area (Å²) in [5.74, 6) is -2.45. The zero-order valence-electron chi connectivity index (χ0n) is 16.0. The van der Waals surface area contributed by atoms with E-state index in [1.54, 1.807) is 30.3 Å². The second-order valence-corrected chi connectivity index (χ2v) is 7.89. The lowest BCUT2D eigenvalue weighted by molar-refractivity contribution is -0.126. The summed E-state index contributed by atoms with van der Waals surface area (Å²) in [4.78, 5) is 27.6. The van der Waals surface area contributed by atoms with Gasteiger partial charge in [-0.25, -0.2) is 8.78 Å². The third-order valence-corrected chi connectivity index (χ3v) is 5.60. The second-order valence-electron chi connectivity index (χ2n) is 6.89. The predicted octanol–water partition coefficient (Wildman–Crippen LogP) is 3.18. The van der Waals surface area contributed by atoms with Gasteiger partial charge in [0.1, 0.15) is 17.2 Å². The fourth-order valence-electron chi connectivity index (χ4n) is 3.24.